The Kier molecular flexibility index (Phi) is 5.91. The standard InChI is InChI=1S/C16H22ClNO3/c1-3-21-15-8-12(7-14(17)16(15)20-2)9-18-13-5-4-11(6-13)10-19/h4-5,7-8,11,13,18-19H,3,6,9-10H2,1-2H3/t11-,13+/m0/s1. The third-order valence-corrected chi connectivity index (χ3v) is 3.83. The zero-order valence-electron chi connectivity index (χ0n) is 12.4. The average molecular weight is 312 g/mol. The molecule has 0 spiro atoms. The van der Waals surface area contributed by atoms with E-state index in [9.17, 15) is 0 Å². The number of ether oxygens (including phenoxy) is 2. The average Bonchev–Trinajstić information content (AvgIpc) is 2.93. The Balaban J connectivity index is 2.02. The van der Waals surface area contributed by atoms with Gasteiger partial charge in [-0.3, -0.25) is 0 Å². The molecule has 0 aromatic heterocycles. The van der Waals surface area contributed by atoms with Crippen molar-refractivity contribution in [1.82, 2.24) is 5.32 Å². The zero-order chi connectivity index (χ0) is 15.2. The molecule has 2 rings (SSSR count). The number of nitrogens with one attached hydrogen (secondary N) is 1. The molecular weight excluding hydrogens is 290 g/mol. The van der Waals surface area contributed by atoms with Gasteiger partial charge in [-0.1, -0.05) is 23.8 Å². The number of aliphatic hydroxyl groups is 1. The van der Waals surface area contributed by atoms with Crippen LogP contribution in [0.25, 0.3) is 0 Å². The van der Waals surface area contributed by atoms with E-state index in [1.807, 2.05) is 19.1 Å². The van der Waals surface area contributed by atoms with Crippen LogP contribution in [0.15, 0.2) is 24.3 Å². The van der Waals surface area contributed by atoms with E-state index in [4.69, 9.17) is 26.2 Å². The minimum atomic E-state index is 0.206. The molecule has 1 aliphatic carbocycles. The maximum absolute atomic E-state index is 9.13. The second kappa shape index (κ2) is 7.69. The van der Waals surface area contributed by atoms with Crippen LogP contribution in [-0.4, -0.2) is 31.5 Å². The van der Waals surface area contributed by atoms with Crippen molar-refractivity contribution in [3.8, 4) is 11.5 Å². The number of methoxy groups -OCH3 is 1. The second-order valence-electron chi connectivity index (χ2n) is 5.09. The summed E-state index contributed by atoms with van der Waals surface area (Å²) in [5, 5.41) is 13.1. The molecule has 0 amide bonds. The van der Waals surface area contributed by atoms with Gasteiger partial charge in [-0.15, -0.1) is 0 Å². The van der Waals surface area contributed by atoms with Crippen LogP contribution in [0, 0.1) is 5.92 Å². The van der Waals surface area contributed by atoms with Crippen molar-refractivity contribution in [3.63, 3.8) is 0 Å². The van der Waals surface area contributed by atoms with Crippen molar-refractivity contribution in [1.29, 1.82) is 0 Å². The van der Waals surface area contributed by atoms with Gasteiger partial charge in [0, 0.05) is 25.1 Å². The first kappa shape index (κ1) is 16.1. The molecule has 0 fully saturated rings. The lowest BCUT2D eigenvalue weighted by Crippen LogP contribution is -2.26. The Labute approximate surface area is 130 Å². The summed E-state index contributed by atoms with van der Waals surface area (Å²) in [4.78, 5) is 0. The maximum atomic E-state index is 9.13. The van der Waals surface area contributed by atoms with Gasteiger partial charge in [0.1, 0.15) is 0 Å². The molecule has 1 aromatic rings. The van der Waals surface area contributed by atoms with E-state index < -0.39 is 0 Å². The number of benzene rings is 1. The Morgan fingerprint density at radius 2 is 2.19 bits per heavy atom. The van der Waals surface area contributed by atoms with E-state index in [1.54, 1.807) is 7.11 Å². The number of halogens is 1. The van der Waals surface area contributed by atoms with Crippen LogP contribution < -0.4 is 14.8 Å². The van der Waals surface area contributed by atoms with Gasteiger partial charge in [0.05, 0.1) is 18.7 Å². The second-order valence-corrected chi connectivity index (χ2v) is 5.50. The van der Waals surface area contributed by atoms with Gasteiger partial charge in [-0.25, -0.2) is 0 Å². The highest BCUT2D eigenvalue weighted by molar-refractivity contribution is 6.32. The van der Waals surface area contributed by atoms with Gasteiger partial charge in [0.25, 0.3) is 0 Å². The Morgan fingerprint density at radius 1 is 1.38 bits per heavy atom. The molecule has 0 saturated heterocycles. The van der Waals surface area contributed by atoms with E-state index in [-0.39, 0.29) is 12.5 Å². The molecule has 116 valence electrons. The van der Waals surface area contributed by atoms with Crippen LogP contribution in [0.4, 0.5) is 0 Å². The molecule has 21 heavy (non-hydrogen) atoms. The predicted molar refractivity (Wildman–Crippen MR) is 84.1 cm³/mol. The molecule has 0 aliphatic heterocycles. The molecule has 5 heteroatoms. The zero-order valence-corrected chi connectivity index (χ0v) is 13.2. The van der Waals surface area contributed by atoms with E-state index in [2.05, 4.69) is 17.5 Å². The predicted octanol–water partition coefficient (Wildman–Crippen LogP) is 2.77. The van der Waals surface area contributed by atoms with Crippen LogP contribution in [0.2, 0.25) is 5.02 Å². The highest BCUT2D eigenvalue weighted by Crippen LogP contribution is 2.36. The first-order valence-corrected chi connectivity index (χ1v) is 7.57. The van der Waals surface area contributed by atoms with Crippen LogP contribution >= 0.6 is 11.6 Å². The summed E-state index contributed by atoms with van der Waals surface area (Å²) in [5.41, 5.74) is 1.05. The molecule has 0 bridgehead atoms. The van der Waals surface area contributed by atoms with Gasteiger partial charge in [0.2, 0.25) is 0 Å². The Bertz CT molecular complexity index is 505. The summed E-state index contributed by atoms with van der Waals surface area (Å²) < 4.78 is 10.8. The van der Waals surface area contributed by atoms with E-state index >= 15 is 0 Å². The fourth-order valence-corrected chi connectivity index (χ4v) is 2.81. The lowest BCUT2D eigenvalue weighted by molar-refractivity contribution is 0.246. The van der Waals surface area contributed by atoms with Gasteiger partial charge in [-0.2, -0.15) is 0 Å². The van der Waals surface area contributed by atoms with E-state index in [1.165, 1.54) is 0 Å². The van der Waals surface area contributed by atoms with Crippen molar-refractivity contribution in [2.45, 2.75) is 25.9 Å². The summed E-state index contributed by atoms with van der Waals surface area (Å²) in [5.74, 6) is 1.50. The smallest absolute Gasteiger partial charge is 0.179 e. The molecule has 4 nitrogen and oxygen atoms in total. The number of hydrogen-bond donors (Lipinski definition) is 2. The minimum absolute atomic E-state index is 0.206. The quantitative estimate of drug-likeness (QED) is 0.760. The van der Waals surface area contributed by atoms with Crippen molar-refractivity contribution < 1.29 is 14.6 Å². The molecule has 0 heterocycles. The van der Waals surface area contributed by atoms with E-state index in [0.717, 1.165) is 12.0 Å². The number of hydrogen-bond acceptors (Lipinski definition) is 4. The first-order chi connectivity index (χ1) is 10.2. The highest BCUT2D eigenvalue weighted by Gasteiger charge is 2.18. The van der Waals surface area contributed by atoms with Gasteiger partial charge >= 0.3 is 0 Å². The normalized spacial score (nSPS) is 20.8. The van der Waals surface area contributed by atoms with Crippen LogP contribution in [0.5, 0.6) is 11.5 Å². The van der Waals surface area contributed by atoms with E-state index in [0.29, 0.717) is 35.7 Å². The lowest BCUT2D eigenvalue weighted by Gasteiger charge is -2.16. The number of aliphatic hydroxyl groups excluding tert-OH is 1. The third kappa shape index (κ3) is 4.13. The SMILES string of the molecule is CCOc1cc(CN[C@@H]2C=C[C@H](CO)C2)cc(Cl)c1OC. The topological polar surface area (TPSA) is 50.7 Å². The molecular formula is C16H22ClNO3. The van der Waals surface area contributed by atoms with Crippen molar-refractivity contribution >= 4 is 11.6 Å². The summed E-state index contributed by atoms with van der Waals surface area (Å²) >= 11 is 6.23. The summed E-state index contributed by atoms with van der Waals surface area (Å²) in [6.45, 7) is 3.39. The van der Waals surface area contributed by atoms with Crippen molar-refractivity contribution in [2.24, 2.45) is 5.92 Å². The van der Waals surface area contributed by atoms with Gasteiger partial charge < -0.3 is 19.9 Å². The molecule has 0 unspecified atom stereocenters. The minimum Gasteiger partial charge on any atom is -0.491 e. The van der Waals surface area contributed by atoms with Gasteiger partial charge in [-0.05, 0) is 31.0 Å². The summed E-state index contributed by atoms with van der Waals surface area (Å²) in [7, 11) is 1.58. The Hall–Kier alpha value is -1.23. The molecule has 1 aromatic carbocycles. The molecule has 0 radical (unpaired) electrons. The van der Waals surface area contributed by atoms with Crippen LogP contribution in [0.1, 0.15) is 18.9 Å². The molecule has 2 N–H and O–H groups in total. The van der Waals surface area contributed by atoms with Crippen molar-refractivity contribution in [2.75, 3.05) is 20.3 Å². The lowest BCUT2D eigenvalue weighted by atomic mass is 10.1. The van der Waals surface area contributed by atoms with Crippen LogP contribution in [0.3, 0.4) is 0 Å². The summed E-state index contributed by atoms with van der Waals surface area (Å²) in [6, 6.07) is 4.13. The largest absolute Gasteiger partial charge is 0.491 e. The van der Waals surface area contributed by atoms with Gasteiger partial charge in [0.15, 0.2) is 11.5 Å². The third-order valence-electron chi connectivity index (χ3n) is 3.55. The molecule has 0 saturated carbocycles. The molecule has 1 aliphatic rings. The van der Waals surface area contributed by atoms with Crippen LogP contribution in [-0.2, 0) is 6.54 Å². The molecule has 2 atom stereocenters. The number of rotatable bonds is 7. The van der Waals surface area contributed by atoms with Crippen molar-refractivity contribution in [3.05, 3.63) is 34.9 Å². The summed E-state index contributed by atoms with van der Waals surface area (Å²) in [6.07, 6.45) is 5.10. The maximum Gasteiger partial charge on any atom is 0.179 e. The Morgan fingerprint density at radius 3 is 2.81 bits per heavy atom. The first-order valence-electron chi connectivity index (χ1n) is 7.19. The fourth-order valence-electron chi connectivity index (χ4n) is 2.49. The highest BCUT2D eigenvalue weighted by atomic mass is 35.5. The fraction of sp³-hybridized carbons (Fsp3) is 0.500. The monoisotopic (exact) mass is 311 g/mol.